The third-order valence-corrected chi connectivity index (χ3v) is 2.50. The van der Waals surface area contributed by atoms with E-state index >= 15 is 0 Å². The van der Waals surface area contributed by atoms with E-state index in [0.29, 0.717) is 24.7 Å². The number of nitrogens with zero attached hydrogens (tertiary/aromatic N) is 4. The zero-order valence-corrected chi connectivity index (χ0v) is 10.7. The molecule has 2 rings (SSSR count). The van der Waals surface area contributed by atoms with Crippen LogP contribution in [-0.4, -0.2) is 30.9 Å². The number of hydrogen-bond donors (Lipinski definition) is 2. The molecule has 7 nitrogen and oxygen atoms in total. The van der Waals surface area contributed by atoms with Gasteiger partial charge in [0.1, 0.15) is 5.82 Å². The standard InChI is InChI=1S/C11H16N6O/c1-7-6-8(2)17(16-7)5-4-10(18)13-11-12-9(3)14-15-11/h6H,4-5H2,1-3H3,(H2,12,13,14,15,18). The predicted octanol–water partition coefficient (Wildman–Crippen LogP) is 0.955. The zero-order valence-electron chi connectivity index (χ0n) is 10.7. The Morgan fingerprint density at radius 3 is 2.78 bits per heavy atom. The molecule has 2 heterocycles. The van der Waals surface area contributed by atoms with Crippen LogP contribution < -0.4 is 5.32 Å². The number of nitrogens with one attached hydrogen (secondary N) is 2. The Hall–Kier alpha value is -2.18. The van der Waals surface area contributed by atoms with Gasteiger partial charge in [0.05, 0.1) is 5.69 Å². The zero-order chi connectivity index (χ0) is 13.1. The van der Waals surface area contributed by atoms with Crippen LogP contribution in [0.3, 0.4) is 0 Å². The molecule has 0 atom stereocenters. The molecule has 96 valence electrons. The summed E-state index contributed by atoms with van der Waals surface area (Å²) in [6, 6.07) is 1.98. The Morgan fingerprint density at radius 2 is 2.22 bits per heavy atom. The van der Waals surface area contributed by atoms with E-state index in [1.54, 1.807) is 6.92 Å². The van der Waals surface area contributed by atoms with Crippen LogP contribution >= 0.6 is 0 Å². The number of H-pyrrole nitrogens is 1. The maximum absolute atomic E-state index is 11.7. The van der Waals surface area contributed by atoms with Crippen molar-refractivity contribution in [2.75, 3.05) is 5.32 Å². The van der Waals surface area contributed by atoms with Gasteiger partial charge in [-0.3, -0.25) is 19.9 Å². The van der Waals surface area contributed by atoms with Gasteiger partial charge in [-0.05, 0) is 26.8 Å². The van der Waals surface area contributed by atoms with Crippen LogP contribution in [0, 0.1) is 20.8 Å². The molecule has 2 aromatic rings. The van der Waals surface area contributed by atoms with E-state index in [0.717, 1.165) is 11.4 Å². The van der Waals surface area contributed by atoms with Crippen molar-refractivity contribution < 1.29 is 4.79 Å². The van der Waals surface area contributed by atoms with Gasteiger partial charge in [0.15, 0.2) is 0 Å². The third-order valence-electron chi connectivity index (χ3n) is 2.50. The maximum atomic E-state index is 11.7. The fourth-order valence-electron chi connectivity index (χ4n) is 1.69. The van der Waals surface area contributed by atoms with Crippen molar-refractivity contribution in [3.05, 3.63) is 23.3 Å². The first-order chi connectivity index (χ1) is 8.54. The number of rotatable bonds is 4. The second-order valence-corrected chi connectivity index (χ2v) is 4.19. The fraction of sp³-hybridized carbons (Fsp3) is 0.455. The molecule has 0 saturated heterocycles. The van der Waals surface area contributed by atoms with Crippen LogP contribution in [0.1, 0.15) is 23.6 Å². The highest BCUT2D eigenvalue weighted by Crippen LogP contribution is 2.04. The molecule has 0 saturated carbocycles. The summed E-state index contributed by atoms with van der Waals surface area (Å²) in [5.41, 5.74) is 2.01. The minimum Gasteiger partial charge on any atom is -0.293 e. The lowest BCUT2D eigenvalue weighted by Gasteiger charge is -2.03. The Morgan fingerprint density at radius 1 is 1.44 bits per heavy atom. The topological polar surface area (TPSA) is 88.5 Å². The maximum Gasteiger partial charge on any atom is 0.248 e. The molecule has 0 aliphatic carbocycles. The average Bonchev–Trinajstić information content (AvgIpc) is 2.82. The lowest BCUT2D eigenvalue weighted by molar-refractivity contribution is -0.116. The van der Waals surface area contributed by atoms with E-state index in [2.05, 4.69) is 25.6 Å². The summed E-state index contributed by atoms with van der Waals surface area (Å²) in [5, 5.41) is 13.4. The average molecular weight is 248 g/mol. The lowest BCUT2D eigenvalue weighted by Crippen LogP contribution is -2.16. The first kappa shape index (κ1) is 12.3. The Balaban J connectivity index is 1.87. The second-order valence-electron chi connectivity index (χ2n) is 4.19. The van der Waals surface area contributed by atoms with Crippen LogP contribution in [0.15, 0.2) is 6.07 Å². The number of aromatic amines is 1. The lowest BCUT2D eigenvalue weighted by atomic mass is 10.3. The molecule has 0 unspecified atom stereocenters. The Labute approximate surface area is 105 Å². The van der Waals surface area contributed by atoms with Gasteiger partial charge in [-0.25, -0.2) is 0 Å². The van der Waals surface area contributed by atoms with Gasteiger partial charge < -0.3 is 0 Å². The van der Waals surface area contributed by atoms with Crippen molar-refractivity contribution >= 4 is 11.9 Å². The molecule has 0 aliphatic heterocycles. The van der Waals surface area contributed by atoms with E-state index in [4.69, 9.17) is 0 Å². The van der Waals surface area contributed by atoms with Crippen molar-refractivity contribution in [2.45, 2.75) is 33.7 Å². The SMILES string of the molecule is Cc1cc(C)n(CCC(=O)Nc2n[nH]c(C)n2)n1. The molecule has 0 fully saturated rings. The molecular formula is C11H16N6O. The summed E-state index contributed by atoms with van der Waals surface area (Å²) in [5.74, 6) is 0.858. The number of amides is 1. The van der Waals surface area contributed by atoms with Crippen LogP contribution in [0.4, 0.5) is 5.95 Å². The molecule has 2 N–H and O–H groups in total. The van der Waals surface area contributed by atoms with Gasteiger partial charge in [0.2, 0.25) is 11.9 Å². The van der Waals surface area contributed by atoms with Gasteiger partial charge in [0.25, 0.3) is 0 Å². The van der Waals surface area contributed by atoms with Gasteiger partial charge in [-0.1, -0.05) is 0 Å². The van der Waals surface area contributed by atoms with Crippen LogP contribution in [0.25, 0.3) is 0 Å². The fourth-order valence-corrected chi connectivity index (χ4v) is 1.69. The van der Waals surface area contributed by atoms with Crippen LogP contribution in [-0.2, 0) is 11.3 Å². The van der Waals surface area contributed by atoms with Gasteiger partial charge in [-0.15, -0.1) is 5.10 Å². The normalized spacial score (nSPS) is 10.6. The first-order valence-electron chi connectivity index (χ1n) is 5.74. The molecule has 2 aromatic heterocycles. The van der Waals surface area contributed by atoms with Crippen LogP contribution in [0.2, 0.25) is 0 Å². The van der Waals surface area contributed by atoms with E-state index in [9.17, 15) is 4.79 Å². The minimum atomic E-state index is -0.124. The van der Waals surface area contributed by atoms with Crippen molar-refractivity contribution in [3.63, 3.8) is 0 Å². The highest BCUT2D eigenvalue weighted by molar-refractivity contribution is 5.88. The van der Waals surface area contributed by atoms with Crippen molar-refractivity contribution in [1.29, 1.82) is 0 Å². The number of anilines is 1. The molecule has 18 heavy (non-hydrogen) atoms. The number of carbonyl (C=O) groups is 1. The summed E-state index contributed by atoms with van der Waals surface area (Å²) < 4.78 is 1.82. The summed E-state index contributed by atoms with van der Waals surface area (Å²) in [7, 11) is 0. The Kier molecular flexibility index (Phi) is 3.40. The van der Waals surface area contributed by atoms with Gasteiger partial charge >= 0.3 is 0 Å². The van der Waals surface area contributed by atoms with Crippen LogP contribution in [0.5, 0.6) is 0 Å². The van der Waals surface area contributed by atoms with Gasteiger partial charge in [0, 0.05) is 18.7 Å². The van der Waals surface area contributed by atoms with E-state index < -0.39 is 0 Å². The monoisotopic (exact) mass is 248 g/mol. The molecule has 7 heteroatoms. The van der Waals surface area contributed by atoms with E-state index in [1.165, 1.54) is 0 Å². The Bertz CT molecular complexity index is 556. The van der Waals surface area contributed by atoms with Gasteiger partial charge in [-0.2, -0.15) is 10.1 Å². The molecular weight excluding hydrogens is 232 g/mol. The molecule has 0 spiro atoms. The minimum absolute atomic E-state index is 0.124. The second kappa shape index (κ2) is 4.99. The van der Waals surface area contributed by atoms with Crippen molar-refractivity contribution in [1.82, 2.24) is 25.0 Å². The molecule has 0 aliphatic rings. The largest absolute Gasteiger partial charge is 0.293 e. The van der Waals surface area contributed by atoms with Crippen molar-refractivity contribution in [3.8, 4) is 0 Å². The summed E-state index contributed by atoms with van der Waals surface area (Å²) >= 11 is 0. The summed E-state index contributed by atoms with van der Waals surface area (Å²) in [6.45, 7) is 6.23. The number of aromatic nitrogens is 5. The highest BCUT2D eigenvalue weighted by Gasteiger charge is 2.08. The van der Waals surface area contributed by atoms with E-state index in [-0.39, 0.29) is 5.91 Å². The predicted molar refractivity (Wildman–Crippen MR) is 66.1 cm³/mol. The number of hydrogen-bond acceptors (Lipinski definition) is 4. The number of carbonyl (C=O) groups excluding carboxylic acids is 1. The van der Waals surface area contributed by atoms with E-state index in [1.807, 2.05) is 24.6 Å². The molecule has 1 amide bonds. The highest BCUT2D eigenvalue weighted by atomic mass is 16.1. The molecule has 0 radical (unpaired) electrons. The summed E-state index contributed by atoms with van der Waals surface area (Å²) in [4.78, 5) is 15.7. The smallest absolute Gasteiger partial charge is 0.248 e. The first-order valence-corrected chi connectivity index (χ1v) is 5.74. The third kappa shape index (κ3) is 2.93. The molecule has 0 aromatic carbocycles. The summed E-state index contributed by atoms with van der Waals surface area (Å²) in [6.07, 6.45) is 0.343. The van der Waals surface area contributed by atoms with Crippen molar-refractivity contribution in [2.24, 2.45) is 0 Å². The molecule has 0 bridgehead atoms. The quantitative estimate of drug-likeness (QED) is 0.843. The number of aryl methyl sites for hydroxylation is 4.